The van der Waals surface area contributed by atoms with Crippen LogP contribution in [0.3, 0.4) is 0 Å². The molecule has 0 radical (unpaired) electrons. The fourth-order valence-electron chi connectivity index (χ4n) is 7.31. The molecule has 0 unspecified atom stereocenters. The number of rotatable bonds is 4. The zero-order valence-corrected chi connectivity index (χ0v) is 32.8. The molecule has 2 aromatic heterocycles. The number of benzene rings is 6. The summed E-state index contributed by atoms with van der Waals surface area (Å²) in [6.07, 6.45) is 1.87. The molecule has 0 atom stereocenters. The molecule has 1 N–H and O–H groups in total. The van der Waals surface area contributed by atoms with Gasteiger partial charge in [-0.15, -0.1) is 35.4 Å². The number of nitrogens with zero attached hydrogens (tertiary/aromatic N) is 2. The van der Waals surface area contributed by atoms with E-state index in [9.17, 15) is 5.11 Å². The second kappa shape index (κ2) is 13.2. The van der Waals surface area contributed by atoms with Gasteiger partial charge in [0.1, 0.15) is 11.3 Å². The standard InChI is InChI=1S/C47H41N2O2.Pt/c1-28-34-19-12-22-48-43(34)38(27-40(28)47(5,6)7)31-16-10-15-30(23-31)37-24-32(36-18-11-14-29-13-8-9-17-35(29)36)25-42-44(37)49-45(51-42)39-26-33(46(2,3)4)20-21-41(39)50;/h8-22,24-27,50H,1-7H3;/q-1;. The van der Waals surface area contributed by atoms with Gasteiger partial charge < -0.3 is 9.52 Å². The van der Waals surface area contributed by atoms with Crippen LogP contribution in [0.25, 0.3) is 77.6 Å². The van der Waals surface area contributed by atoms with E-state index >= 15 is 0 Å². The predicted molar refractivity (Wildman–Crippen MR) is 211 cm³/mol. The first-order chi connectivity index (χ1) is 24.4. The Morgan fingerprint density at radius 2 is 1.33 bits per heavy atom. The van der Waals surface area contributed by atoms with Crippen molar-refractivity contribution < 1.29 is 30.6 Å². The molecule has 262 valence electrons. The first-order valence-electron chi connectivity index (χ1n) is 17.6. The van der Waals surface area contributed by atoms with Crippen molar-refractivity contribution in [2.75, 3.05) is 0 Å². The van der Waals surface area contributed by atoms with Gasteiger partial charge in [-0.05, 0) is 86.0 Å². The molecule has 0 saturated heterocycles. The molecule has 0 aliphatic rings. The van der Waals surface area contributed by atoms with Gasteiger partial charge in [0, 0.05) is 32.8 Å². The molecule has 52 heavy (non-hydrogen) atoms. The van der Waals surface area contributed by atoms with Crippen LogP contribution in [0.1, 0.15) is 58.2 Å². The average molecular weight is 861 g/mol. The van der Waals surface area contributed by atoms with E-state index in [1.807, 2.05) is 24.4 Å². The predicted octanol–water partition coefficient (Wildman–Crippen LogP) is 12.6. The van der Waals surface area contributed by atoms with Crippen molar-refractivity contribution in [2.45, 2.75) is 59.3 Å². The summed E-state index contributed by atoms with van der Waals surface area (Å²) in [7, 11) is 0. The number of fused-ring (bicyclic) bond motifs is 3. The zero-order valence-electron chi connectivity index (χ0n) is 30.5. The van der Waals surface area contributed by atoms with Gasteiger partial charge in [0.2, 0.25) is 5.89 Å². The van der Waals surface area contributed by atoms with Crippen LogP contribution in [0.15, 0.2) is 120 Å². The van der Waals surface area contributed by atoms with E-state index in [1.165, 1.54) is 16.5 Å². The maximum absolute atomic E-state index is 11.1. The molecular weight excluding hydrogens is 820 g/mol. The summed E-state index contributed by atoms with van der Waals surface area (Å²) < 4.78 is 6.58. The normalized spacial score (nSPS) is 12.1. The van der Waals surface area contributed by atoms with Gasteiger partial charge in [0.25, 0.3) is 0 Å². The van der Waals surface area contributed by atoms with E-state index in [-0.39, 0.29) is 37.6 Å². The number of pyridine rings is 1. The van der Waals surface area contributed by atoms with Gasteiger partial charge in [-0.1, -0.05) is 119 Å². The minimum absolute atomic E-state index is 0. The van der Waals surface area contributed by atoms with E-state index in [0.29, 0.717) is 22.6 Å². The van der Waals surface area contributed by atoms with E-state index < -0.39 is 0 Å². The largest absolute Gasteiger partial charge is 0.507 e. The number of oxazole rings is 1. The molecular formula is C47H41N2O2Pt-. The van der Waals surface area contributed by atoms with Crippen LogP contribution in [0.4, 0.5) is 0 Å². The van der Waals surface area contributed by atoms with Gasteiger partial charge in [-0.25, -0.2) is 4.98 Å². The van der Waals surface area contributed by atoms with Crippen molar-refractivity contribution in [3.8, 4) is 50.6 Å². The summed E-state index contributed by atoms with van der Waals surface area (Å²) in [5, 5.41) is 14.5. The Bertz CT molecular complexity index is 2630. The van der Waals surface area contributed by atoms with Crippen LogP contribution in [0, 0.1) is 13.0 Å². The summed E-state index contributed by atoms with van der Waals surface area (Å²) in [6.45, 7) is 15.4. The third-order valence-electron chi connectivity index (χ3n) is 10.0. The van der Waals surface area contributed by atoms with Crippen LogP contribution in [-0.2, 0) is 31.9 Å². The SMILES string of the molecule is Cc1c(C(C)(C)C)cc(-c2[c-]c(-c3cc(-c4cccc5ccccc45)cc4oc(-c5cc(C(C)(C)C)ccc5O)nc34)ccc2)c2ncccc12.[Pt]. The summed E-state index contributed by atoms with van der Waals surface area (Å²) in [6, 6.07) is 41.3. The molecule has 0 bridgehead atoms. The Kier molecular flexibility index (Phi) is 8.96. The maximum Gasteiger partial charge on any atom is 0.230 e. The van der Waals surface area contributed by atoms with Gasteiger partial charge in [0.05, 0.1) is 11.1 Å². The fourth-order valence-corrected chi connectivity index (χ4v) is 7.31. The molecule has 0 aliphatic heterocycles. The number of hydrogen-bond donors (Lipinski definition) is 1. The smallest absolute Gasteiger partial charge is 0.230 e. The van der Waals surface area contributed by atoms with Crippen molar-refractivity contribution in [2.24, 2.45) is 0 Å². The second-order valence-electron chi connectivity index (χ2n) is 15.6. The number of aryl methyl sites for hydroxylation is 1. The topological polar surface area (TPSA) is 59.2 Å². The van der Waals surface area contributed by atoms with E-state index in [1.54, 1.807) is 6.07 Å². The molecule has 8 rings (SSSR count). The Balaban J connectivity index is 0.00000420. The van der Waals surface area contributed by atoms with Gasteiger partial charge >= 0.3 is 0 Å². The van der Waals surface area contributed by atoms with Crippen molar-refractivity contribution in [3.63, 3.8) is 0 Å². The summed E-state index contributed by atoms with van der Waals surface area (Å²) >= 11 is 0. The number of hydrogen-bond acceptors (Lipinski definition) is 4. The van der Waals surface area contributed by atoms with E-state index in [2.05, 4.69) is 139 Å². The maximum atomic E-state index is 11.1. The van der Waals surface area contributed by atoms with Crippen molar-refractivity contribution in [1.82, 2.24) is 9.97 Å². The molecule has 2 heterocycles. The Morgan fingerprint density at radius 1 is 0.635 bits per heavy atom. The van der Waals surface area contributed by atoms with Crippen molar-refractivity contribution >= 4 is 32.8 Å². The monoisotopic (exact) mass is 860 g/mol. The molecule has 0 amide bonds. The third kappa shape index (κ3) is 6.24. The first-order valence-corrected chi connectivity index (χ1v) is 17.6. The van der Waals surface area contributed by atoms with Crippen molar-refractivity contribution in [3.05, 3.63) is 138 Å². The number of phenols is 1. The number of phenolic OH excluding ortho intramolecular Hbond substituents is 1. The molecule has 0 spiro atoms. The van der Waals surface area contributed by atoms with E-state index in [0.717, 1.165) is 55.2 Å². The second-order valence-corrected chi connectivity index (χ2v) is 15.6. The van der Waals surface area contributed by atoms with Gasteiger partial charge in [-0.3, -0.25) is 4.98 Å². The quantitative estimate of drug-likeness (QED) is 0.179. The fraction of sp³-hybridized carbons (Fsp3) is 0.191. The molecule has 5 heteroatoms. The number of aromatic nitrogens is 2. The molecule has 4 nitrogen and oxygen atoms in total. The average Bonchev–Trinajstić information content (AvgIpc) is 3.54. The van der Waals surface area contributed by atoms with Crippen molar-refractivity contribution in [1.29, 1.82) is 0 Å². The van der Waals surface area contributed by atoms with Crippen LogP contribution in [-0.4, -0.2) is 15.1 Å². The molecule has 0 aliphatic carbocycles. The molecule has 0 saturated carbocycles. The minimum atomic E-state index is -0.113. The van der Waals surface area contributed by atoms with Gasteiger partial charge in [0.15, 0.2) is 0 Å². The van der Waals surface area contributed by atoms with E-state index in [4.69, 9.17) is 14.4 Å². The summed E-state index contributed by atoms with van der Waals surface area (Å²) in [5.74, 6) is 0.511. The molecule has 0 fully saturated rings. The zero-order chi connectivity index (χ0) is 35.7. The van der Waals surface area contributed by atoms with Crippen LogP contribution in [0.2, 0.25) is 0 Å². The van der Waals surface area contributed by atoms with Gasteiger partial charge in [-0.2, -0.15) is 0 Å². The third-order valence-corrected chi connectivity index (χ3v) is 10.0. The first kappa shape index (κ1) is 35.4. The van der Waals surface area contributed by atoms with Crippen LogP contribution >= 0.6 is 0 Å². The number of aromatic hydroxyl groups is 1. The van der Waals surface area contributed by atoms with Crippen LogP contribution in [0.5, 0.6) is 5.75 Å². The summed E-state index contributed by atoms with van der Waals surface area (Å²) in [4.78, 5) is 9.97. The Hall–Kier alpha value is -5.05. The Labute approximate surface area is 319 Å². The summed E-state index contributed by atoms with van der Waals surface area (Å²) in [5.41, 5.74) is 12.3. The van der Waals surface area contributed by atoms with Crippen LogP contribution < -0.4 is 0 Å². The molecule has 6 aromatic carbocycles. The minimum Gasteiger partial charge on any atom is -0.507 e. The molecule has 8 aromatic rings. The Morgan fingerprint density at radius 3 is 2.08 bits per heavy atom.